The van der Waals surface area contributed by atoms with Crippen LogP contribution in [-0.2, 0) is 4.74 Å². The van der Waals surface area contributed by atoms with Gasteiger partial charge in [-0.2, -0.15) is 5.26 Å². The first-order chi connectivity index (χ1) is 9.70. The smallest absolute Gasteiger partial charge is 0.205 e. The van der Waals surface area contributed by atoms with E-state index in [-0.39, 0.29) is 17.6 Å². The zero-order chi connectivity index (χ0) is 14.1. The van der Waals surface area contributed by atoms with Gasteiger partial charge >= 0.3 is 0 Å². The van der Waals surface area contributed by atoms with E-state index in [1.54, 1.807) is 6.07 Å². The van der Waals surface area contributed by atoms with Gasteiger partial charge in [-0.1, -0.05) is 12.1 Å². The van der Waals surface area contributed by atoms with Crippen LogP contribution in [-0.4, -0.2) is 0 Å². The lowest BCUT2D eigenvalue weighted by Gasteiger charge is -2.31. The second-order valence-electron chi connectivity index (χ2n) is 5.14. The highest BCUT2D eigenvalue weighted by atomic mass is 19.1. The van der Waals surface area contributed by atoms with E-state index < -0.39 is 0 Å². The topological polar surface area (TPSA) is 59.0 Å². The van der Waals surface area contributed by atoms with Gasteiger partial charge in [-0.3, -0.25) is 0 Å². The van der Waals surface area contributed by atoms with Crippen molar-refractivity contribution in [3.63, 3.8) is 0 Å². The molecule has 0 radical (unpaired) electrons. The number of hydrogen-bond donors (Lipinski definition) is 1. The van der Waals surface area contributed by atoms with Gasteiger partial charge in [0, 0.05) is 12.3 Å². The van der Waals surface area contributed by atoms with Crippen molar-refractivity contribution in [1.82, 2.24) is 0 Å². The monoisotopic (exact) mass is 270 g/mol. The zero-order valence-electron chi connectivity index (χ0n) is 11.0. The van der Waals surface area contributed by atoms with Gasteiger partial charge < -0.3 is 10.5 Å². The number of nitrogens with two attached hydrogens (primary N) is 1. The van der Waals surface area contributed by atoms with Crippen molar-refractivity contribution in [3.05, 3.63) is 58.4 Å². The van der Waals surface area contributed by atoms with Crippen LogP contribution in [0.1, 0.15) is 37.2 Å². The summed E-state index contributed by atoms with van der Waals surface area (Å²) in [6, 6.07) is 8.50. The van der Waals surface area contributed by atoms with Gasteiger partial charge in [-0.15, -0.1) is 0 Å². The summed E-state index contributed by atoms with van der Waals surface area (Å²) >= 11 is 0. The van der Waals surface area contributed by atoms with Crippen LogP contribution in [0.25, 0.3) is 0 Å². The van der Waals surface area contributed by atoms with Crippen molar-refractivity contribution in [3.8, 4) is 6.07 Å². The second-order valence-corrected chi connectivity index (χ2v) is 5.14. The fraction of sp³-hybridized carbons (Fsp3) is 0.312. The predicted octanol–water partition coefficient (Wildman–Crippen LogP) is 3.46. The van der Waals surface area contributed by atoms with Crippen LogP contribution < -0.4 is 5.73 Å². The number of allylic oxidation sites excluding steroid dienone is 3. The Balaban J connectivity index is 2.14. The molecule has 0 saturated carbocycles. The van der Waals surface area contributed by atoms with Gasteiger partial charge in [-0.05, 0) is 42.5 Å². The Labute approximate surface area is 117 Å². The SMILES string of the molecule is N#CC1=C(N)OC2=C(CCCC2)[C@H]1c1cccc(F)c1. The van der Waals surface area contributed by atoms with Crippen molar-refractivity contribution in [2.75, 3.05) is 0 Å². The fourth-order valence-corrected chi connectivity index (χ4v) is 3.00. The Bertz CT molecular complexity index is 655. The number of rotatable bonds is 1. The lowest BCUT2D eigenvalue weighted by Crippen LogP contribution is -2.22. The molecule has 0 amide bonds. The summed E-state index contributed by atoms with van der Waals surface area (Å²) in [6.07, 6.45) is 3.83. The molecule has 0 bridgehead atoms. The molecule has 0 spiro atoms. The van der Waals surface area contributed by atoms with Gasteiger partial charge in [0.25, 0.3) is 0 Å². The summed E-state index contributed by atoms with van der Waals surface area (Å²) < 4.78 is 19.1. The Morgan fingerprint density at radius 1 is 1.30 bits per heavy atom. The molecule has 3 rings (SSSR count). The minimum absolute atomic E-state index is 0.155. The van der Waals surface area contributed by atoms with Crippen LogP contribution in [0, 0.1) is 17.1 Å². The minimum Gasteiger partial charge on any atom is -0.445 e. The lowest BCUT2D eigenvalue weighted by atomic mass is 9.78. The molecule has 1 atom stereocenters. The Hall–Kier alpha value is -2.28. The molecule has 0 fully saturated rings. The van der Waals surface area contributed by atoms with Gasteiger partial charge in [-0.25, -0.2) is 4.39 Å². The Kier molecular flexibility index (Phi) is 3.19. The summed E-state index contributed by atoms with van der Waals surface area (Å²) in [7, 11) is 0. The van der Waals surface area contributed by atoms with Crippen LogP contribution in [0.5, 0.6) is 0 Å². The molecule has 1 aromatic rings. The van der Waals surface area contributed by atoms with Crippen molar-refractivity contribution >= 4 is 0 Å². The van der Waals surface area contributed by atoms with E-state index in [4.69, 9.17) is 10.5 Å². The summed E-state index contributed by atoms with van der Waals surface area (Å²) in [6.45, 7) is 0. The molecule has 0 aromatic heterocycles. The van der Waals surface area contributed by atoms with Crippen LogP contribution in [0.15, 0.2) is 47.1 Å². The summed E-state index contributed by atoms with van der Waals surface area (Å²) in [5.41, 5.74) is 8.10. The standard InChI is InChI=1S/C16H15FN2O/c17-11-5-3-4-10(8-11)15-12-6-1-2-7-14(12)20-16(19)13(15)9-18/h3-5,8,15H,1-2,6-7,19H2/t15-/m1/s1. The van der Waals surface area contributed by atoms with E-state index in [0.717, 1.165) is 42.6 Å². The van der Waals surface area contributed by atoms with Gasteiger partial charge in [0.05, 0.1) is 0 Å². The first-order valence-electron chi connectivity index (χ1n) is 6.75. The second kappa shape index (κ2) is 5.01. The molecule has 1 aliphatic heterocycles. The first-order valence-corrected chi connectivity index (χ1v) is 6.75. The minimum atomic E-state index is -0.303. The number of ether oxygens (including phenoxy) is 1. The third-order valence-electron chi connectivity index (χ3n) is 3.90. The molecular weight excluding hydrogens is 255 g/mol. The Morgan fingerprint density at radius 2 is 2.10 bits per heavy atom. The predicted molar refractivity (Wildman–Crippen MR) is 72.5 cm³/mol. The lowest BCUT2D eigenvalue weighted by molar-refractivity contribution is 0.251. The van der Waals surface area contributed by atoms with E-state index in [9.17, 15) is 9.65 Å². The molecule has 102 valence electrons. The molecular formula is C16H15FN2O. The van der Waals surface area contributed by atoms with E-state index in [1.165, 1.54) is 12.1 Å². The van der Waals surface area contributed by atoms with Crippen LogP contribution in [0.3, 0.4) is 0 Å². The number of nitriles is 1. The third kappa shape index (κ3) is 2.05. The number of nitrogens with zero attached hydrogens (tertiary/aromatic N) is 1. The average Bonchev–Trinajstić information content (AvgIpc) is 2.45. The van der Waals surface area contributed by atoms with E-state index in [0.29, 0.717) is 5.57 Å². The number of benzene rings is 1. The molecule has 0 saturated heterocycles. The average molecular weight is 270 g/mol. The molecule has 1 heterocycles. The van der Waals surface area contributed by atoms with Gasteiger partial charge in [0.15, 0.2) is 0 Å². The quantitative estimate of drug-likeness (QED) is 0.850. The molecule has 3 nitrogen and oxygen atoms in total. The highest BCUT2D eigenvalue weighted by Gasteiger charge is 2.33. The zero-order valence-corrected chi connectivity index (χ0v) is 11.0. The summed E-state index contributed by atoms with van der Waals surface area (Å²) in [5, 5.41) is 9.37. The molecule has 0 unspecified atom stereocenters. The molecule has 1 aromatic carbocycles. The maximum atomic E-state index is 13.5. The normalized spacial score (nSPS) is 22.1. The summed E-state index contributed by atoms with van der Waals surface area (Å²) in [5.74, 6) is 0.451. The highest BCUT2D eigenvalue weighted by molar-refractivity contribution is 5.49. The fourth-order valence-electron chi connectivity index (χ4n) is 3.00. The summed E-state index contributed by atoms with van der Waals surface area (Å²) in [4.78, 5) is 0. The maximum absolute atomic E-state index is 13.5. The Morgan fingerprint density at radius 3 is 2.85 bits per heavy atom. The van der Waals surface area contributed by atoms with Crippen LogP contribution in [0.2, 0.25) is 0 Å². The molecule has 2 N–H and O–H groups in total. The van der Waals surface area contributed by atoms with Crippen molar-refractivity contribution in [2.45, 2.75) is 31.6 Å². The number of hydrogen-bond acceptors (Lipinski definition) is 3. The maximum Gasteiger partial charge on any atom is 0.205 e. The molecule has 2 aliphatic rings. The molecule has 4 heteroatoms. The van der Waals surface area contributed by atoms with Gasteiger partial charge in [0.2, 0.25) is 5.88 Å². The van der Waals surface area contributed by atoms with E-state index >= 15 is 0 Å². The van der Waals surface area contributed by atoms with Gasteiger partial charge in [0.1, 0.15) is 23.2 Å². The largest absolute Gasteiger partial charge is 0.445 e. The number of halogens is 1. The molecule has 1 aliphatic carbocycles. The molecule has 20 heavy (non-hydrogen) atoms. The third-order valence-corrected chi connectivity index (χ3v) is 3.90. The van der Waals surface area contributed by atoms with Crippen LogP contribution >= 0.6 is 0 Å². The van der Waals surface area contributed by atoms with Crippen LogP contribution in [0.4, 0.5) is 4.39 Å². The first kappa shape index (κ1) is 12.7. The van der Waals surface area contributed by atoms with Crippen molar-refractivity contribution in [1.29, 1.82) is 5.26 Å². The highest BCUT2D eigenvalue weighted by Crippen LogP contribution is 2.44. The van der Waals surface area contributed by atoms with Crippen molar-refractivity contribution in [2.24, 2.45) is 5.73 Å². The van der Waals surface area contributed by atoms with E-state index in [2.05, 4.69) is 6.07 Å². The van der Waals surface area contributed by atoms with E-state index in [1.807, 2.05) is 6.07 Å². The van der Waals surface area contributed by atoms with Crippen molar-refractivity contribution < 1.29 is 9.13 Å².